The van der Waals surface area contributed by atoms with E-state index >= 15 is 0 Å². The second-order valence-electron chi connectivity index (χ2n) is 5.79. The fraction of sp³-hybridized carbons (Fsp3) is 0.929. The summed E-state index contributed by atoms with van der Waals surface area (Å²) in [5.41, 5.74) is 5.94. The van der Waals surface area contributed by atoms with Crippen LogP contribution in [0.4, 0.5) is 0 Å². The van der Waals surface area contributed by atoms with E-state index in [2.05, 4.69) is 17.1 Å². The van der Waals surface area contributed by atoms with Gasteiger partial charge in [0.15, 0.2) is 0 Å². The number of carbonyl (C=O) groups excluding carboxylic acids is 1. The predicted molar refractivity (Wildman–Crippen MR) is 87.7 cm³/mol. The van der Waals surface area contributed by atoms with Crippen LogP contribution < -0.4 is 11.1 Å². The van der Waals surface area contributed by atoms with E-state index in [1.807, 2.05) is 0 Å². The van der Waals surface area contributed by atoms with Crippen LogP contribution in [0.2, 0.25) is 0 Å². The first kappa shape index (κ1) is 20.0. The number of amides is 1. The maximum absolute atomic E-state index is 12.1. The zero-order valence-corrected chi connectivity index (χ0v) is 14.0. The van der Waals surface area contributed by atoms with Gasteiger partial charge < -0.3 is 11.1 Å². The molecule has 0 radical (unpaired) electrons. The minimum atomic E-state index is 0. The molecule has 0 bridgehead atoms. The molecular weight excluding hydrogens is 297 g/mol. The summed E-state index contributed by atoms with van der Waals surface area (Å²) in [7, 11) is 0. The van der Waals surface area contributed by atoms with Crippen molar-refractivity contribution in [1.29, 1.82) is 0 Å². The summed E-state index contributed by atoms with van der Waals surface area (Å²) >= 11 is 0. The van der Waals surface area contributed by atoms with Crippen molar-refractivity contribution in [3.05, 3.63) is 0 Å². The van der Waals surface area contributed by atoms with E-state index in [9.17, 15) is 4.79 Å². The summed E-state index contributed by atoms with van der Waals surface area (Å²) in [5.74, 6) is 0.387. The number of rotatable bonds is 4. The Labute approximate surface area is 135 Å². The third-order valence-electron chi connectivity index (χ3n) is 4.50. The molecule has 20 heavy (non-hydrogen) atoms. The van der Waals surface area contributed by atoms with Gasteiger partial charge in [-0.2, -0.15) is 0 Å². The normalized spacial score (nSPS) is 30.2. The molecule has 0 spiro atoms. The Kier molecular flexibility index (Phi) is 9.81. The zero-order chi connectivity index (χ0) is 13.0. The highest BCUT2D eigenvalue weighted by Gasteiger charge is 2.27. The van der Waals surface area contributed by atoms with E-state index in [4.69, 9.17) is 5.73 Å². The van der Waals surface area contributed by atoms with Crippen LogP contribution in [-0.4, -0.2) is 42.5 Å². The van der Waals surface area contributed by atoms with Gasteiger partial charge in [0.05, 0.1) is 0 Å². The van der Waals surface area contributed by atoms with Gasteiger partial charge in [0.25, 0.3) is 0 Å². The topological polar surface area (TPSA) is 58.4 Å². The van der Waals surface area contributed by atoms with E-state index < -0.39 is 0 Å². The van der Waals surface area contributed by atoms with E-state index in [1.54, 1.807) is 0 Å². The summed E-state index contributed by atoms with van der Waals surface area (Å²) in [6, 6.07) is 0.782. The maximum atomic E-state index is 12.1. The molecule has 1 aliphatic heterocycles. The van der Waals surface area contributed by atoms with Crippen LogP contribution in [0.15, 0.2) is 0 Å². The molecule has 2 aliphatic rings. The fourth-order valence-electron chi connectivity index (χ4n) is 3.37. The second kappa shape index (κ2) is 9.82. The summed E-state index contributed by atoms with van der Waals surface area (Å²) in [6.45, 7) is 5.29. The maximum Gasteiger partial charge on any atom is 0.223 e. The number of halogens is 2. The standard InChI is InChI=1S/C14H27N3O.2ClH/c1-2-17-8-4-7-13(17)10-16-14(18)11-5-3-6-12(15)9-11;;/h11-13H,2-10,15H2,1H3,(H,16,18);2*1H. The monoisotopic (exact) mass is 325 g/mol. The van der Waals surface area contributed by atoms with Crippen LogP contribution in [0.25, 0.3) is 0 Å². The Morgan fingerprint density at radius 2 is 2.00 bits per heavy atom. The predicted octanol–water partition coefficient (Wildman–Crippen LogP) is 1.95. The Morgan fingerprint density at radius 1 is 1.25 bits per heavy atom. The van der Waals surface area contributed by atoms with E-state index in [0.717, 1.165) is 38.8 Å². The highest BCUT2D eigenvalue weighted by molar-refractivity contribution is 5.85. The summed E-state index contributed by atoms with van der Waals surface area (Å²) in [5, 5.41) is 3.14. The van der Waals surface area contributed by atoms with Crippen molar-refractivity contribution >= 4 is 30.7 Å². The Morgan fingerprint density at radius 3 is 2.65 bits per heavy atom. The summed E-state index contributed by atoms with van der Waals surface area (Å²) in [4.78, 5) is 14.6. The highest BCUT2D eigenvalue weighted by Crippen LogP contribution is 2.23. The van der Waals surface area contributed by atoms with Gasteiger partial charge in [-0.1, -0.05) is 13.3 Å². The van der Waals surface area contributed by atoms with Crippen LogP contribution in [-0.2, 0) is 4.79 Å². The number of nitrogens with two attached hydrogens (primary N) is 1. The van der Waals surface area contributed by atoms with Crippen molar-refractivity contribution < 1.29 is 4.79 Å². The molecule has 1 aliphatic carbocycles. The number of nitrogens with zero attached hydrogens (tertiary/aromatic N) is 1. The van der Waals surface area contributed by atoms with Crippen molar-refractivity contribution in [2.24, 2.45) is 11.7 Å². The average molecular weight is 326 g/mol. The Balaban J connectivity index is 0.00000180. The minimum absolute atomic E-state index is 0. The lowest BCUT2D eigenvalue weighted by molar-refractivity contribution is -0.126. The molecule has 1 saturated carbocycles. The lowest BCUT2D eigenvalue weighted by atomic mass is 9.85. The van der Waals surface area contributed by atoms with Gasteiger partial charge in [0, 0.05) is 24.5 Å². The molecule has 0 aromatic heterocycles. The van der Waals surface area contributed by atoms with Gasteiger partial charge in [-0.05, 0) is 45.2 Å². The number of hydrogen-bond acceptors (Lipinski definition) is 3. The molecule has 3 N–H and O–H groups in total. The van der Waals surface area contributed by atoms with Crippen molar-refractivity contribution in [3.8, 4) is 0 Å². The van der Waals surface area contributed by atoms with Gasteiger partial charge in [-0.3, -0.25) is 9.69 Å². The van der Waals surface area contributed by atoms with E-state index in [1.165, 1.54) is 19.4 Å². The van der Waals surface area contributed by atoms with Crippen LogP contribution in [0.3, 0.4) is 0 Å². The number of likely N-dealkylation sites (tertiary alicyclic amines) is 1. The summed E-state index contributed by atoms with van der Waals surface area (Å²) < 4.78 is 0. The number of likely N-dealkylation sites (N-methyl/N-ethyl adjacent to an activating group) is 1. The molecule has 6 heteroatoms. The minimum Gasteiger partial charge on any atom is -0.354 e. The molecule has 1 amide bonds. The van der Waals surface area contributed by atoms with Gasteiger partial charge in [-0.25, -0.2) is 0 Å². The van der Waals surface area contributed by atoms with Gasteiger partial charge >= 0.3 is 0 Å². The molecule has 2 rings (SSSR count). The Hall–Kier alpha value is -0.0300. The van der Waals surface area contributed by atoms with Crippen LogP contribution in [0.1, 0.15) is 45.4 Å². The third-order valence-corrected chi connectivity index (χ3v) is 4.50. The SMILES string of the molecule is CCN1CCCC1CNC(=O)C1CCCC(N)C1.Cl.Cl. The molecule has 120 valence electrons. The third kappa shape index (κ3) is 5.40. The van der Waals surface area contributed by atoms with Crippen LogP contribution in [0.5, 0.6) is 0 Å². The molecule has 3 unspecified atom stereocenters. The fourth-order valence-corrected chi connectivity index (χ4v) is 3.37. The van der Waals surface area contributed by atoms with Gasteiger partial charge in [0.1, 0.15) is 0 Å². The quantitative estimate of drug-likeness (QED) is 0.830. The molecule has 3 atom stereocenters. The molecule has 0 aromatic rings. The molecule has 1 heterocycles. The van der Waals surface area contributed by atoms with Crippen molar-refractivity contribution in [1.82, 2.24) is 10.2 Å². The summed E-state index contributed by atoms with van der Waals surface area (Å²) in [6.07, 6.45) is 6.55. The number of nitrogens with one attached hydrogen (secondary N) is 1. The van der Waals surface area contributed by atoms with Crippen molar-refractivity contribution in [3.63, 3.8) is 0 Å². The molecule has 0 aromatic carbocycles. The van der Waals surface area contributed by atoms with Crippen molar-refractivity contribution in [2.45, 2.75) is 57.5 Å². The average Bonchev–Trinajstić information content (AvgIpc) is 2.83. The zero-order valence-electron chi connectivity index (χ0n) is 12.3. The molecule has 4 nitrogen and oxygen atoms in total. The first-order valence-electron chi connectivity index (χ1n) is 7.48. The van der Waals surface area contributed by atoms with Crippen LogP contribution >= 0.6 is 24.8 Å². The van der Waals surface area contributed by atoms with E-state index in [-0.39, 0.29) is 42.7 Å². The Bertz CT molecular complexity index is 292. The van der Waals surface area contributed by atoms with Gasteiger partial charge in [-0.15, -0.1) is 24.8 Å². The second-order valence-corrected chi connectivity index (χ2v) is 5.79. The first-order valence-corrected chi connectivity index (χ1v) is 7.48. The largest absolute Gasteiger partial charge is 0.354 e. The molecule has 2 fully saturated rings. The highest BCUT2D eigenvalue weighted by atomic mass is 35.5. The van der Waals surface area contributed by atoms with Crippen LogP contribution in [0, 0.1) is 5.92 Å². The lowest BCUT2D eigenvalue weighted by Crippen LogP contribution is -2.43. The number of hydrogen-bond donors (Lipinski definition) is 2. The van der Waals surface area contributed by atoms with E-state index in [0.29, 0.717) is 6.04 Å². The smallest absolute Gasteiger partial charge is 0.223 e. The lowest BCUT2D eigenvalue weighted by Gasteiger charge is -2.27. The molecule has 1 saturated heterocycles. The molecular formula is C14H29Cl2N3O. The number of carbonyl (C=O) groups is 1. The van der Waals surface area contributed by atoms with Crippen molar-refractivity contribution in [2.75, 3.05) is 19.6 Å². The van der Waals surface area contributed by atoms with Gasteiger partial charge in [0.2, 0.25) is 5.91 Å². The first-order chi connectivity index (χ1) is 8.70.